The maximum Gasteiger partial charge on any atom is 0.254 e. The van der Waals surface area contributed by atoms with Gasteiger partial charge in [0.05, 0.1) is 0 Å². The van der Waals surface area contributed by atoms with Gasteiger partial charge in [0.25, 0.3) is 5.91 Å². The van der Waals surface area contributed by atoms with Crippen molar-refractivity contribution in [1.29, 1.82) is 0 Å². The van der Waals surface area contributed by atoms with Crippen molar-refractivity contribution in [3.8, 4) is 0 Å². The first-order chi connectivity index (χ1) is 9.60. The number of amides is 1. The Morgan fingerprint density at radius 2 is 2.25 bits per heavy atom. The van der Waals surface area contributed by atoms with E-state index in [2.05, 4.69) is 17.2 Å². The third kappa shape index (κ3) is 4.81. The summed E-state index contributed by atoms with van der Waals surface area (Å²) in [7, 11) is 0. The van der Waals surface area contributed by atoms with Gasteiger partial charge in [-0.2, -0.15) is 0 Å². The number of nitrogens with one attached hydrogen (secondary N) is 1. The molecule has 1 heterocycles. The molecule has 0 aromatic carbocycles. The number of rotatable bonds is 8. The molecule has 0 aliphatic rings. The summed E-state index contributed by atoms with van der Waals surface area (Å²) in [4.78, 5) is 18.5. The Kier molecular flexibility index (Phi) is 7.01. The van der Waals surface area contributed by atoms with Crippen molar-refractivity contribution in [3.63, 3.8) is 0 Å². The van der Waals surface area contributed by atoms with Gasteiger partial charge < -0.3 is 15.3 Å². The molecule has 0 aliphatic carbocycles. The molecule has 0 spiro atoms. The van der Waals surface area contributed by atoms with E-state index in [4.69, 9.17) is 5.11 Å². The van der Waals surface area contributed by atoms with Gasteiger partial charge in [-0.25, -0.2) is 4.98 Å². The molecule has 1 aromatic rings. The summed E-state index contributed by atoms with van der Waals surface area (Å²) in [6.45, 7) is 7.53. The van der Waals surface area contributed by atoms with E-state index in [-0.39, 0.29) is 18.6 Å². The number of aromatic nitrogens is 1. The molecule has 5 nitrogen and oxygen atoms in total. The number of aliphatic hydroxyl groups is 1. The lowest BCUT2D eigenvalue weighted by Crippen LogP contribution is -2.38. The van der Waals surface area contributed by atoms with Crippen molar-refractivity contribution < 1.29 is 9.90 Å². The van der Waals surface area contributed by atoms with Crippen molar-refractivity contribution in [2.75, 3.05) is 25.0 Å². The summed E-state index contributed by atoms with van der Waals surface area (Å²) in [5, 5.41) is 12.1. The van der Waals surface area contributed by atoms with Crippen LogP contribution in [-0.2, 0) is 0 Å². The second-order valence-electron chi connectivity index (χ2n) is 5.03. The van der Waals surface area contributed by atoms with Crippen LogP contribution in [0.4, 0.5) is 5.82 Å². The van der Waals surface area contributed by atoms with Crippen LogP contribution < -0.4 is 5.32 Å². The highest BCUT2D eigenvalue weighted by molar-refractivity contribution is 5.95. The summed E-state index contributed by atoms with van der Waals surface area (Å²) in [6.07, 6.45) is 3.25. The summed E-state index contributed by atoms with van der Waals surface area (Å²) in [5.74, 6) is 0.707. The number of carbonyl (C=O) groups excluding carboxylic acids is 1. The SMILES string of the molecule is CCCNc1cc(C(=O)N(CCCO)C(C)C)ccn1. The molecule has 0 bridgehead atoms. The predicted molar refractivity (Wildman–Crippen MR) is 80.9 cm³/mol. The van der Waals surface area contributed by atoms with Crippen LogP contribution in [0.15, 0.2) is 18.3 Å². The normalized spacial score (nSPS) is 10.7. The van der Waals surface area contributed by atoms with Gasteiger partial charge in [0.1, 0.15) is 5.82 Å². The van der Waals surface area contributed by atoms with Gasteiger partial charge in [0, 0.05) is 37.5 Å². The Balaban J connectivity index is 2.82. The topological polar surface area (TPSA) is 65.5 Å². The fourth-order valence-electron chi connectivity index (χ4n) is 1.91. The second kappa shape index (κ2) is 8.53. The first-order valence-corrected chi connectivity index (χ1v) is 7.21. The molecular weight excluding hydrogens is 254 g/mol. The summed E-state index contributed by atoms with van der Waals surface area (Å²) in [6, 6.07) is 3.62. The zero-order valence-electron chi connectivity index (χ0n) is 12.6. The number of nitrogens with zero attached hydrogens (tertiary/aromatic N) is 2. The number of carbonyl (C=O) groups is 1. The minimum absolute atomic E-state index is 0.0181. The van der Waals surface area contributed by atoms with Crippen molar-refractivity contribution in [2.45, 2.75) is 39.7 Å². The van der Waals surface area contributed by atoms with Gasteiger partial charge in [-0.15, -0.1) is 0 Å². The number of pyridine rings is 1. The van der Waals surface area contributed by atoms with Gasteiger partial charge in [-0.1, -0.05) is 6.92 Å². The predicted octanol–water partition coefficient (Wildman–Crippen LogP) is 2.14. The lowest BCUT2D eigenvalue weighted by molar-refractivity contribution is 0.0693. The molecule has 1 aromatic heterocycles. The molecule has 112 valence electrons. The quantitative estimate of drug-likeness (QED) is 0.765. The Hall–Kier alpha value is -1.62. The highest BCUT2D eigenvalue weighted by Crippen LogP contribution is 2.12. The summed E-state index contributed by atoms with van der Waals surface area (Å²) >= 11 is 0. The van der Waals surface area contributed by atoms with Crippen LogP contribution in [0.1, 0.15) is 44.0 Å². The van der Waals surface area contributed by atoms with E-state index >= 15 is 0 Å². The average Bonchev–Trinajstić information content (AvgIpc) is 2.45. The van der Waals surface area contributed by atoms with E-state index < -0.39 is 0 Å². The van der Waals surface area contributed by atoms with E-state index in [0.717, 1.165) is 18.8 Å². The Labute approximate surface area is 121 Å². The molecule has 0 radical (unpaired) electrons. The van der Waals surface area contributed by atoms with E-state index in [1.54, 1.807) is 23.2 Å². The second-order valence-corrected chi connectivity index (χ2v) is 5.03. The lowest BCUT2D eigenvalue weighted by atomic mass is 10.2. The molecule has 0 unspecified atom stereocenters. The molecule has 0 fully saturated rings. The fourth-order valence-corrected chi connectivity index (χ4v) is 1.91. The molecule has 0 saturated heterocycles. The maximum absolute atomic E-state index is 12.5. The van der Waals surface area contributed by atoms with Crippen molar-refractivity contribution in [2.24, 2.45) is 0 Å². The minimum atomic E-state index is -0.0181. The molecular formula is C15H25N3O2. The van der Waals surface area contributed by atoms with Gasteiger partial charge in [-0.05, 0) is 38.8 Å². The Morgan fingerprint density at radius 3 is 2.85 bits per heavy atom. The maximum atomic E-state index is 12.5. The van der Waals surface area contributed by atoms with E-state index in [0.29, 0.717) is 18.5 Å². The first kappa shape index (κ1) is 16.4. The Morgan fingerprint density at radius 1 is 1.50 bits per heavy atom. The largest absolute Gasteiger partial charge is 0.396 e. The first-order valence-electron chi connectivity index (χ1n) is 7.21. The standard InChI is InChI=1S/C15H25N3O2/c1-4-7-16-14-11-13(6-8-17-14)15(20)18(12(2)3)9-5-10-19/h6,8,11-12,19H,4-5,7,9-10H2,1-3H3,(H,16,17). The van der Waals surface area contributed by atoms with Crippen molar-refractivity contribution >= 4 is 11.7 Å². The van der Waals surface area contributed by atoms with Crippen molar-refractivity contribution in [3.05, 3.63) is 23.9 Å². The number of hydrogen-bond donors (Lipinski definition) is 2. The lowest BCUT2D eigenvalue weighted by Gasteiger charge is -2.26. The van der Waals surface area contributed by atoms with E-state index in [9.17, 15) is 4.79 Å². The van der Waals surface area contributed by atoms with Gasteiger partial charge in [0.15, 0.2) is 0 Å². The number of hydrogen-bond acceptors (Lipinski definition) is 4. The average molecular weight is 279 g/mol. The van der Waals surface area contributed by atoms with Gasteiger partial charge >= 0.3 is 0 Å². The number of anilines is 1. The van der Waals surface area contributed by atoms with Crippen LogP contribution in [0, 0.1) is 0 Å². The van der Waals surface area contributed by atoms with E-state index in [1.807, 2.05) is 13.8 Å². The fraction of sp³-hybridized carbons (Fsp3) is 0.600. The van der Waals surface area contributed by atoms with Crippen LogP contribution in [0.25, 0.3) is 0 Å². The van der Waals surface area contributed by atoms with Crippen molar-refractivity contribution in [1.82, 2.24) is 9.88 Å². The van der Waals surface area contributed by atoms with Crippen LogP contribution in [0.3, 0.4) is 0 Å². The molecule has 0 atom stereocenters. The smallest absolute Gasteiger partial charge is 0.254 e. The van der Waals surface area contributed by atoms with Crippen LogP contribution in [0.2, 0.25) is 0 Å². The molecule has 5 heteroatoms. The third-order valence-corrected chi connectivity index (χ3v) is 3.00. The molecule has 1 amide bonds. The molecule has 1 rings (SSSR count). The Bertz CT molecular complexity index is 421. The third-order valence-electron chi connectivity index (χ3n) is 3.00. The van der Waals surface area contributed by atoms with Crippen LogP contribution in [0.5, 0.6) is 0 Å². The van der Waals surface area contributed by atoms with Crippen LogP contribution >= 0.6 is 0 Å². The van der Waals surface area contributed by atoms with Crippen LogP contribution in [-0.4, -0.2) is 46.6 Å². The summed E-state index contributed by atoms with van der Waals surface area (Å²) in [5.41, 5.74) is 0.630. The zero-order valence-corrected chi connectivity index (χ0v) is 12.6. The number of aliphatic hydroxyl groups excluding tert-OH is 1. The van der Waals surface area contributed by atoms with Gasteiger partial charge in [-0.3, -0.25) is 4.79 Å². The molecule has 0 aliphatic heterocycles. The molecule has 0 saturated carbocycles. The molecule has 20 heavy (non-hydrogen) atoms. The molecule has 2 N–H and O–H groups in total. The monoisotopic (exact) mass is 279 g/mol. The highest BCUT2D eigenvalue weighted by atomic mass is 16.3. The zero-order chi connectivity index (χ0) is 15.0. The highest BCUT2D eigenvalue weighted by Gasteiger charge is 2.18. The van der Waals surface area contributed by atoms with E-state index in [1.165, 1.54) is 0 Å². The van der Waals surface area contributed by atoms with Gasteiger partial charge in [0.2, 0.25) is 0 Å². The minimum Gasteiger partial charge on any atom is -0.396 e. The summed E-state index contributed by atoms with van der Waals surface area (Å²) < 4.78 is 0.